The van der Waals surface area contributed by atoms with Crippen molar-refractivity contribution in [2.45, 2.75) is 43.0 Å². The van der Waals surface area contributed by atoms with Gasteiger partial charge in [-0.1, -0.05) is 6.42 Å². The summed E-state index contributed by atoms with van der Waals surface area (Å²) in [5.74, 6) is 0.970. The minimum absolute atomic E-state index is 0.320. The number of ether oxygens (including phenoxy) is 1. The van der Waals surface area contributed by atoms with Gasteiger partial charge in [0.25, 0.3) is 5.82 Å². The standard InChI is InChI=1S/C16H25N3O3S/c1-18(14-5-3-2-4-6-14)16-8-7-15(13-17-16)23(20,21)19-9-11-22-12-10-19/h7-8,13-14H,2-6,9-12H2,1H3/p+1. The fraction of sp³-hybridized carbons (Fsp3) is 0.688. The summed E-state index contributed by atoms with van der Waals surface area (Å²) in [4.78, 5) is 5.73. The minimum atomic E-state index is -3.43. The predicted octanol–water partition coefficient (Wildman–Crippen LogP) is 1.29. The van der Waals surface area contributed by atoms with E-state index in [1.54, 1.807) is 12.3 Å². The Balaban J connectivity index is 1.73. The van der Waals surface area contributed by atoms with Gasteiger partial charge in [-0.05, 0) is 31.7 Å². The Bertz CT molecular complexity index is 606. The fourth-order valence-electron chi connectivity index (χ4n) is 3.38. The number of morpholine rings is 1. The molecule has 0 amide bonds. The van der Waals surface area contributed by atoms with Crippen LogP contribution in [0.4, 0.5) is 5.82 Å². The smallest absolute Gasteiger partial charge is 0.274 e. The number of nitrogens with one attached hydrogen (secondary N) is 1. The minimum Gasteiger partial charge on any atom is -0.379 e. The molecule has 0 spiro atoms. The van der Waals surface area contributed by atoms with Crippen molar-refractivity contribution in [3.63, 3.8) is 0 Å². The molecule has 0 aromatic carbocycles. The molecule has 0 radical (unpaired) electrons. The number of pyridine rings is 1. The van der Waals surface area contributed by atoms with E-state index in [9.17, 15) is 8.42 Å². The van der Waals surface area contributed by atoms with Gasteiger partial charge in [0.05, 0.1) is 26.3 Å². The molecule has 0 atom stereocenters. The summed E-state index contributed by atoms with van der Waals surface area (Å²) >= 11 is 0. The molecule has 1 aromatic heterocycles. The molecule has 1 aromatic rings. The van der Waals surface area contributed by atoms with Gasteiger partial charge in [0.15, 0.2) is 0 Å². The maximum Gasteiger partial charge on any atom is 0.274 e. The van der Waals surface area contributed by atoms with E-state index in [0.29, 0.717) is 37.2 Å². The second kappa shape index (κ2) is 7.15. The van der Waals surface area contributed by atoms with E-state index in [0.717, 1.165) is 5.82 Å². The number of nitrogens with zero attached hydrogens (tertiary/aromatic N) is 2. The SMILES string of the molecule is CN(c1ccc(S(=O)(=O)N2CCOCC2)c[nH+]1)C1CCCCC1. The van der Waals surface area contributed by atoms with Gasteiger partial charge in [-0.15, -0.1) is 0 Å². The summed E-state index contributed by atoms with van der Waals surface area (Å²) in [6, 6.07) is 4.12. The highest BCUT2D eigenvalue weighted by molar-refractivity contribution is 7.89. The first-order valence-electron chi connectivity index (χ1n) is 8.41. The predicted molar refractivity (Wildman–Crippen MR) is 87.9 cm³/mol. The van der Waals surface area contributed by atoms with Crippen LogP contribution in [0, 0.1) is 0 Å². The highest BCUT2D eigenvalue weighted by Crippen LogP contribution is 2.24. The highest BCUT2D eigenvalue weighted by Gasteiger charge is 2.29. The van der Waals surface area contributed by atoms with Gasteiger partial charge >= 0.3 is 0 Å². The Morgan fingerprint density at radius 3 is 2.48 bits per heavy atom. The van der Waals surface area contributed by atoms with E-state index >= 15 is 0 Å². The van der Waals surface area contributed by atoms with Crippen molar-refractivity contribution in [3.8, 4) is 0 Å². The quantitative estimate of drug-likeness (QED) is 0.828. The molecule has 2 aliphatic rings. The Labute approximate surface area is 138 Å². The van der Waals surface area contributed by atoms with Crippen LogP contribution in [-0.4, -0.2) is 52.1 Å². The van der Waals surface area contributed by atoms with Crippen molar-refractivity contribution in [2.75, 3.05) is 38.3 Å². The van der Waals surface area contributed by atoms with Crippen LogP contribution in [0.5, 0.6) is 0 Å². The molecule has 6 nitrogen and oxygen atoms in total. The van der Waals surface area contributed by atoms with Crippen molar-refractivity contribution >= 4 is 15.8 Å². The first-order valence-corrected chi connectivity index (χ1v) is 9.85. The fourth-order valence-corrected chi connectivity index (χ4v) is 4.76. The Morgan fingerprint density at radius 1 is 1.17 bits per heavy atom. The Hall–Kier alpha value is -1.18. The Kier molecular flexibility index (Phi) is 5.18. The summed E-state index contributed by atoms with van der Waals surface area (Å²) in [6.45, 7) is 1.77. The summed E-state index contributed by atoms with van der Waals surface area (Å²) in [5, 5.41) is 0. The molecule has 128 valence electrons. The van der Waals surface area contributed by atoms with Crippen LogP contribution in [0.25, 0.3) is 0 Å². The number of hydrogen-bond donors (Lipinski definition) is 0. The molecular weight excluding hydrogens is 314 g/mol. The number of sulfonamides is 1. The average molecular weight is 340 g/mol. The largest absolute Gasteiger partial charge is 0.379 e. The first kappa shape index (κ1) is 16.7. The molecule has 0 bridgehead atoms. The van der Waals surface area contributed by atoms with Crippen LogP contribution in [0.2, 0.25) is 0 Å². The lowest BCUT2D eigenvalue weighted by Gasteiger charge is -2.27. The molecule has 23 heavy (non-hydrogen) atoms. The van der Waals surface area contributed by atoms with Crippen molar-refractivity contribution < 1.29 is 18.1 Å². The molecule has 1 saturated carbocycles. The highest BCUT2D eigenvalue weighted by atomic mass is 32.2. The van der Waals surface area contributed by atoms with Crippen molar-refractivity contribution in [1.29, 1.82) is 0 Å². The van der Waals surface area contributed by atoms with E-state index in [4.69, 9.17) is 4.74 Å². The maximum absolute atomic E-state index is 12.6. The van der Waals surface area contributed by atoms with Crippen LogP contribution in [-0.2, 0) is 14.8 Å². The monoisotopic (exact) mass is 340 g/mol. The zero-order valence-corrected chi connectivity index (χ0v) is 14.5. The van der Waals surface area contributed by atoms with Crippen LogP contribution < -0.4 is 9.88 Å². The summed E-state index contributed by atoms with van der Waals surface area (Å²) < 4.78 is 31.9. The van der Waals surface area contributed by atoms with Crippen molar-refractivity contribution in [2.24, 2.45) is 0 Å². The first-order chi connectivity index (χ1) is 11.1. The molecule has 3 rings (SSSR count). The number of aromatic amines is 1. The van der Waals surface area contributed by atoms with Gasteiger partial charge in [-0.25, -0.2) is 13.4 Å². The van der Waals surface area contributed by atoms with E-state index in [-0.39, 0.29) is 0 Å². The number of H-pyrrole nitrogens is 1. The summed E-state index contributed by atoms with van der Waals surface area (Å²) in [7, 11) is -1.34. The maximum atomic E-state index is 12.6. The van der Waals surface area contributed by atoms with Gasteiger partial charge in [0.2, 0.25) is 10.0 Å². The van der Waals surface area contributed by atoms with E-state index in [1.165, 1.54) is 36.4 Å². The van der Waals surface area contributed by atoms with Gasteiger partial charge in [0.1, 0.15) is 11.1 Å². The Morgan fingerprint density at radius 2 is 1.87 bits per heavy atom. The molecule has 2 fully saturated rings. The lowest BCUT2D eigenvalue weighted by molar-refractivity contribution is -0.367. The van der Waals surface area contributed by atoms with Crippen LogP contribution in [0.1, 0.15) is 32.1 Å². The molecule has 1 N–H and O–H groups in total. The van der Waals surface area contributed by atoms with E-state index < -0.39 is 10.0 Å². The van der Waals surface area contributed by atoms with Crippen molar-refractivity contribution in [1.82, 2.24) is 4.31 Å². The second-order valence-electron chi connectivity index (χ2n) is 6.33. The van der Waals surface area contributed by atoms with Crippen molar-refractivity contribution in [3.05, 3.63) is 18.3 Å². The molecule has 2 heterocycles. The zero-order valence-electron chi connectivity index (χ0n) is 13.7. The molecule has 1 saturated heterocycles. The number of hydrogen-bond acceptors (Lipinski definition) is 4. The van der Waals surface area contributed by atoms with Crippen LogP contribution in [0.3, 0.4) is 0 Å². The third-order valence-electron chi connectivity index (χ3n) is 4.88. The molecular formula is C16H26N3O3S+. The molecule has 7 heteroatoms. The lowest BCUT2D eigenvalue weighted by Crippen LogP contribution is -2.41. The number of aromatic nitrogens is 1. The van der Waals surface area contributed by atoms with Crippen LogP contribution >= 0.6 is 0 Å². The van der Waals surface area contributed by atoms with Gasteiger partial charge < -0.3 is 4.74 Å². The lowest BCUT2D eigenvalue weighted by atomic mass is 9.94. The molecule has 1 aliphatic carbocycles. The average Bonchev–Trinajstić information content (AvgIpc) is 2.63. The van der Waals surface area contributed by atoms with Gasteiger partial charge in [-0.3, -0.25) is 4.90 Å². The number of anilines is 1. The topological polar surface area (TPSA) is 64.0 Å². The molecule has 0 unspecified atom stereocenters. The summed E-state index contributed by atoms with van der Waals surface area (Å²) in [6.07, 6.45) is 7.90. The normalized spacial score (nSPS) is 21.3. The van der Waals surface area contributed by atoms with Gasteiger partial charge in [-0.2, -0.15) is 4.31 Å². The summed E-state index contributed by atoms with van der Waals surface area (Å²) in [5.41, 5.74) is 0. The van der Waals surface area contributed by atoms with Crippen LogP contribution in [0.15, 0.2) is 23.2 Å². The van der Waals surface area contributed by atoms with E-state index in [2.05, 4.69) is 16.9 Å². The third-order valence-corrected chi connectivity index (χ3v) is 6.77. The third kappa shape index (κ3) is 3.67. The second-order valence-corrected chi connectivity index (χ2v) is 8.27. The van der Waals surface area contributed by atoms with E-state index in [1.807, 2.05) is 6.07 Å². The molecule has 1 aliphatic heterocycles. The number of rotatable bonds is 4. The van der Waals surface area contributed by atoms with Gasteiger partial charge in [0, 0.05) is 19.2 Å². The zero-order chi connectivity index (χ0) is 16.3.